The predicted octanol–water partition coefficient (Wildman–Crippen LogP) is -2.16. The summed E-state index contributed by atoms with van der Waals surface area (Å²) >= 11 is 0. The van der Waals surface area contributed by atoms with Crippen LogP contribution in [-0.4, -0.2) is 15.2 Å². The molecular formula is C15H23N3Rb2. The zero-order chi connectivity index (χ0) is 14.2. The zero-order valence-electron chi connectivity index (χ0n) is 14.2. The Balaban J connectivity index is -0.0000000950. The Morgan fingerprint density at radius 1 is 0.850 bits per heavy atom. The Bertz CT molecular complexity index is 319. The standard InChI is InChI=1S/C6H6N.C5H5N2.2C2H6.2Rb/c1-6-4-2-3-5-7-6;1-5-3-2-4-6-7-5;2*1-2;;/h3-5H,1H3;3-4H,1H3;2*1-2H3;;/q2*-1;;;2*+1. The molecule has 2 aromatic heterocycles. The van der Waals surface area contributed by atoms with Crippen LogP contribution in [0, 0.1) is 26.0 Å². The molecule has 0 saturated heterocycles. The van der Waals surface area contributed by atoms with Gasteiger partial charge in [-0.15, -0.1) is 0 Å². The molecule has 100 valence electrons. The fourth-order valence-corrected chi connectivity index (χ4v) is 0.744. The van der Waals surface area contributed by atoms with Gasteiger partial charge in [0.1, 0.15) is 0 Å². The van der Waals surface area contributed by atoms with Crippen LogP contribution in [0.25, 0.3) is 0 Å². The number of pyridine rings is 1. The van der Waals surface area contributed by atoms with Crippen molar-refractivity contribution in [2.75, 3.05) is 0 Å². The summed E-state index contributed by atoms with van der Waals surface area (Å²) in [4.78, 5) is 3.95. The number of hydrogen-bond acceptors (Lipinski definition) is 3. The van der Waals surface area contributed by atoms with E-state index >= 15 is 0 Å². The molecule has 0 atom stereocenters. The quantitative estimate of drug-likeness (QED) is 0.460. The van der Waals surface area contributed by atoms with Gasteiger partial charge < -0.3 is 4.98 Å². The van der Waals surface area contributed by atoms with Crippen molar-refractivity contribution < 1.29 is 116 Å². The van der Waals surface area contributed by atoms with Crippen LogP contribution in [0.15, 0.2) is 30.6 Å². The van der Waals surface area contributed by atoms with Gasteiger partial charge in [0.05, 0.1) is 0 Å². The van der Waals surface area contributed by atoms with Crippen LogP contribution in [0.2, 0.25) is 0 Å². The first-order chi connectivity index (χ1) is 8.79. The molecule has 0 N–H and O–H groups in total. The largest absolute Gasteiger partial charge is 1.00 e. The maximum atomic E-state index is 3.95. The predicted molar refractivity (Wildman–Crippen MR) is 76.1 cm³/mol. The maximum Gasteiger partial charge on any atom is 1.00 e. The van der Waals surface area contributed by atoms with Crippen LogP contribution in [0.3, 0.4) is 0 Å². The number of aryl methyl sites for hydroxylation is 2. The normalized spacial score (nSPS) is 6.70. The molecule has 5 heteroatoms. The second kappa shape index (κ2) is 25.8. The number of rotatable bonds is 0. The number of hydrogen-bond donors (Lipinski definition) is 0. The van der Waals surface area contributed by atoms with E-state index in [1.54, 1.807) is 18.3 Å². The van der Waals surface area contributed by atoms with Crippen LogP contribution >= 0.6 is 0 Å². The van der Waals surface area contributed by atoms with Gasteiger partial charge in [-0.1, -0.05) is 59.1 Å². The molecule has 0 saturated carbocycles. The molecule has 2 heterocycles. The van der Waals surface area contributed by atoms with Crippen molar-refractivity contribution >= 4 is 0 Å². The molecule has 0 spiro atoms. The van der Waals surface area contributed by atoms with Gasteiger partial charge in [-0.3, -0.25) is 5.10 Å². The third-order valence-corrected chi connectivity index (χ3v) is 1.38. The summed E-state index contributed by atoms with van der Waals surface area (Å²) in [6, 6.07) is 11.1. The summed E-state index contributed by atoms with van der Waals surface area (Å²) in [5.74, 6) is 0. The van der Waals surface area contributed by atoms with Gasteiger partial charge in [-0.2, -0.15) is 23.3 Å². The second-order valence-electron chi connectivity index (χ2n) is 2.69. The number of nitrogens with zero attached hydrogens (tertiary/aromatic N) is 3. The van der Waals surface area contributed by atoms with Crippen molar-refractivity contribution in [2.45, 2.75) is 41.5 Å². The Morgan fingerprint density at radius 2 is 1.40 bits per heavy atom. The molecule has 0 aliphatic carbocycles. The van der Waals surface area contributed by atoms with E-state index in [-0.39, 0.29) is 116 Å². The van der Waals surface area contributed by atoms with E-state index in [1.807, 2.05) is 47.6 Å². The summed E-state index contributed by atoms with van der Waals surface area (Å²) in [5, 5.41) is 7.28. The van der Waals surface area contributed by atoms with Crippen molar-refractivity contribution in [2.24, 2.45) is 0 Å². The second-order valence-corrected chi connectivity index (χ2v) is 2.69. The molecule has 0 unspecified atom stereocenters. The van der Waals surface area contributed by atoms with E-state index in [0.717, 1.165) is 11.4 Å². The summed E-state index contributed by atoms with van der Waals surface area (Å²) in [5.41, 5.74) is 1.92. The van der Waals surface area contributed by atoms with Gasteiger partial charge in [0, 0.05) is 0 Å². The molecule has 0 radical (unpaired) electrons. The Labute approximate surface area is 222 Å². The van der Waals surface area contributed by atoms with Crippen LogP contribution in [-0.2, 0) is 0 Å². The fraction of sp³-hybridized carbons (Fsp3) is 0.400. The molecule has 20 heavy (non-hydrogen) atoms. The van der Waals surface area contributed by atoms with Crippen molar-refractivity contribution in [1.29, 1.82) is 0 Å². The van der Waals surface area contributed by atoms with Crippen LogP contribution < -0.4 is 116 Å². The molecule has 2 aromatic rings. The molecular weight excluding hydrogens is 393 g/mol. The maximum absolute atomic E-state index is 3.95. The smallest absolute Gasteiger partial charge is 0.388 e. The van der Waals surface area contributed by atoms with E-state index < -0.39 is 0 Å². The third-order valence-electron chi connectivity index (χ3n) is 1.38. The first-order valence-electron chi connectivity index (χ1n) is 6.23. The molecule has 3 nitrogen and oxygen atoms in total. The van der Waals surface area contributed by atoms with Crippen molar-refractivity contribution in [1.82, 2.24) is 15.2 Å². The van der Waals surface area contributed by atoms with Gasteiger partial charge in [0.25, 0.3) is 0 Å². The van der Waals surface area contributed by atoms with Crippen LogP contribution in [0.4, 0.5) is 0 Å². The zero-order valence-corrected chi connectivity index (χ0v) is 24.1. The summed E-state index contributed by atoms with van der Waals surface area (Å²) < 4.78 is 0. The average Bonchev–Trinajstić information content (AvgIpc) is 2.46. The third kappa shape index (κ3) is 22.1. The summed E-state index contributed by atoms with van der Waals surface area (Å²) in [7, 11) is 0. The molecule has 0 fully saturated rings. The Kier molecular flexibility index (Phi) is 38.4. The minimum absolute atomic E-state index is 0. The first kappa shape index (κ1) is 29.8. The Morgan fingerprint density at radius 3 is 1.60 bits per heavy atom. The van der Waals surface area contributed by atoms with Crippen LogP contribution in [0.5, 0.6) is 0 Å². The molecule has 0 aliphatic rings. The fourth-order valence-electron chi connectivity index (χ4n) is 0.744. The van der Waals surface area contributed by atoms with E-state index in [9.17, 15) is 0 Å². The number of aromatic nitrogens is 3. The van der Waals surface area contributed by atoms with Crippen molar-refractivity contribution in [3.8, 4) is 0 Å². The van der Waals surface area contributed by atoms with Crippen LogP contribution in [0.1, 0.15) is 39.1 Å². The van der Waals surface area contributed by atoms with Gasteiger partial charge in [-0.05, 0) is 6.20 Å². The van der Waals surface area contributed by atoms with E-state index in [2.05, 4.69) is 27.3 Å². The molecule has 0 bridgehead atoms. The monoisotopic (exact) mass is 415 g/mol. The minimum atomic E-state index is 0. The Hall–Kier alpha value is 1.84. The summed E-state index contributed by atoms with van der Waals surface area (Å²) in [6.07, 6.45) is 3.27. The topological polar surface area (TPSA) is 38.7 Å². The van der Waals surface area contributed by atoms with E-state index in [1.165, 1.54) is 6.20 Å². The molecule has 0 aromatic carbocycles. The first-order valence-corrected chi connectivity index (χ1v) is 6.23. The minimum Gasteiger partial charge on any atom is -0.388 e. The van der Waals surface area contributed by atoms with Gasteiger partial charge >= 0.3 is 116 Å². The SMILES string of the molecule is CC.CC.Cc1c[c-]ccn1.Cc1c[c-]cnn1.[Rb+].[Rb+]. The van der Waals surface area contributed by atoms with E-state index in [0.29, 0.717) is 0 Å². The molecule has 2 rings (SSSR count). The van der Waals surface area contributed by atoms with E-state index in [4.69, 9.17) is 0 Å². The van der Waals surface area contributed by atoms with Gasteiger partial charge in [0.2, 0.25) is 0 Å². The van der Waals surface area contributed by atoms with Crippen molar-refractivity contribution in [3.05, 3.63) is 54.1 Å². The van der Waals surface area contributed by atoms with Crippen molar-refractivity contribution in [3.63, 3.8) is 0 Å². The molecule has 0 aliphatic heterocycles. The van der Waals surface area contributed by atoms with Gasteiger partial charge in [0.15, 0.2) is 0 Å². The summed E-state index contributed by atoms with van der Waals surface area (Å²) in [6.45, 7) is 11.8. The van der Waals surface area contributed by atoms with Gasteiger partial charge in [-0.25, -0.2) is 12.1 Å². The average molecular weight is 416 g/mol. The molecule has 0 amide bonds.